The van der Waals surface area contributed by atoms with Crippen LogP contribution in [0.5, 0.6) is 0 Å². The highest BCUT2D eigenvalue weighted by atomic mass is 16.4. The van der Waals surface area contributed by atoms with Crippen molar-refractivity contribution >= 4 is 11.7 Å². The third-order valence-electron chi connectivity index (χ3n) is 3.38. The maximum Gasteiger partial charge on any atom is 0.222 e. The Morgan fingerprint density at radius 2 is 2.06 bits per heavy atom. The molecule has 17 heavy (non-hydrogen) atoms. The van der Waals surface area contributed by atoms with Gasteiger partial charge in [-0.3, -0.25) is 4.79 Å². The van der Waals surface area contributed by atoms with Gasteiger partial charge in [-0.15, -0.1) is 0 Å². The molecular weight excluding hydrogens is 218 g/mol. The lowest BCUT2D eigenvalue weighted by Crippen LogP contribution is -2.41. The minimum atomic E-state index is 0.125. The molecule has 1 aliphatic heterocycles. The molecule has 1 fully saturated rings. The van der Waals surface area contributed by atoms with Crippen LogP contribution in [0.1, 0.15) is 45.4 Å². The maximum absolute atomic E-state index is 11.8. The topological polar surface area (TPSA) is 78.9 Å². The number of nitrogens with two attached hydrogens (primary N) is 1. The number of piperidine rings is 1. The van der Waals surface area contributed by atoms with E-state index in [-0.39, 0.29) is 11.8 Å². The van der Waals surface area contributed by atoms with Gasteiger partial charge in [0.15, 0.2) is 0 Å². The fraction of sp³-hybridized carbons (Fsp3) is 0.833. The Hall–Kier alpha value is -1.26. The van der Waals surface area contributed by atoms with Gasteiger partial charge in [0.05, 0.1) is 0 Å². The van der Waals surface area contributed by atoms with Gasteiger partial charge in [-0.1, -0.05) is 24.9 Å². The number of amides is 1. The molecule has 0 atom stereocenters. The van der Waals surface area contributed by atoms with Crippen LogP contribution in [0, 0.1) is 5.92 Å². The Kier molecular flexibility index (Phi) is 5.80. The fourth-order valence-electron chi connectivity index (χ4n) is 2.19. The molecule has 5 heteroatoms. The van der Waals surface area contributed by atoms with Crippen molar-refractivity contribution in [2.75, 3.05) is 13.1 Å². The van der Waals surface area contributed by atoms with Crippen molar-refractivity contribution in [3.8, 4) is 0 Å². The Balaban J connectivity index is 2.29. The lowest BCUT2D eigenvalue weighted by Gasteiger charge is -2.31. The zero-order valence-electron chi connectivity index (χ0n) is 10.6. The molecule has 1 aliphatic rings. The van der Waals surface area contributed by atoms with Crippen molar-refractivity contribution in [1.82, 2.24) is 4.90 Å². The van der Waals surface area contributed by atoms with Crippen molar-refractivity contribution in [1.29, 1.82) is 0 Å². The summed E-state index contributed by atoms with van der Waals surface area (Å²) >= 11 is 0. The number of rotatable bonds is 5. The molecule has 0 aromatic heterocycles. The largest absolute Gasteiger partial charge is 0.409 e. The lowest BCUT2D eigenvalue weighted by molar-refractivity contribution is -0.132. The Bertz CT molecular complexity index is 271. The molecule has 0 aromatic rings. The molecule has 0 aromatic carbocycles. The molecule has 0 radical (unpaired) electrons. The van der Waals surface area contributed by atoms with Crippen LogP contribution in [0.3, 0.4) is 0 Å². The normalized spacial score (nSPS) is 18.4. The Morgan fingerprint density at radius 1 is 1.41 bits per heavy atom. The minimum Gasteiger partial charge on any atom is -0.409 e. The Labute approximate surface area is 103 Å². The first kappa shape index (κ1) is 13.8. The van der Waals surface area contributed by atoms with Gasteiger partial charge in [-0.25, -0.2) is 0 Å². The average molecular weight is 241 g/mol. The van der Waals surface area contributed by atoms with Gasteiger partial charge in [0.2, 0.25) is 5.91 Å². The number of amidine groups is 1. The standard InChI is InChI=1S/C12H23N3O2/c1-2-3-4-5-11(16)15-8-6-10(7-9-15)12(13)14-17/h10,17H,2-9H2,1H3,(H2,13,14). The zero-order chi connectivity index (χ0) is 12.7. The number of unbranched alkanes of at least 4 members (excludes halogenated alkanes) is 2. The van der Waals surface area contributed by atoms with Crippen molar-refractivity contribution in [3.05, 3.63) is 0 Å². The molecule has 0 spiro atoms. The van der Waals surface area contributed by atoms with Crippen molar-refractivity contribution < 1.29 is 10.0 Å². The summed E-state index contributed by atoms with van der Waals surface area (Å²) in [5.74, 6) is 0.666. The number of hydrogen-bond donors (Lipinski definition) is 2. The van der Waals surface area contributed by atoms with Gasteiger partial charge in [-0.05, 0) is 19.3 Å². The van der Waals surface area contributed by atoms with E-state index in [1.807, 2.05) is 4.90 Å². The molecule has 0 aliphatic carbocycles. The summed E-state index contributed by atoms with van der Waals surface area (Å²) in [7, 11) is 0. The third-order valence-corrected chi connectivity index (χ3v) is 3.38. The number of likely N-dealkylation sites (tertiary alicyclic amines) is 1. The molecule has 0 unspecified atom stereocenters. The van der Waals surface area contributed by atoms with Crippen LogP contribution in [0.4, 0.5) is 0 Å². The van der Waals surface area contributed by atoms with Crippen LogP contribution in [0.15, 0.2) is 5.16 Å². The van der Waals surface area contributed by atoms with E-state index in [0.717, 1.165) is 45.2 Å². The van der Waals surface area contributed by atoms with E-state index >= 15 is 0 Å². The molecule has 0 bridgehead atoms. The molecule has 3 N–H and O–H groups in total. The third kappa shape index (κ3) is 4.24. The summed E-state index contributed by atoms with van der Waals surface area (Å²) in [4.78, 5) is 13.7. The summed E-state index contributed by atoms with van der Waals surface area (Å²) in [5.41, 5.74) is 5.56. The maximum atomic E-state index is 11.8. The van der Waals surface area contributed by atoms with E-state index in [2.05, 4.69) is 12.1 Å². The first-order valence-corrected chi connectivity index (χ1v) is 6.44. The predicted octanol–water partition coefficient (Wildman–Crippen LogP) is 1.55. The SMILES string of the molecule is CCCCCC(=O)N1CCC(C(N)=NO)CC1. The number of carbonyl (C=O) groups is 1. The zero-order valence-corrected chi connectivity index (χ0v) is 10.6. The fourth-order valence-corrected chi connectivity index (χ4v) is 2.19. The smallest absolute Gasteiger partial charge is 0.222 e. The molecule has 1 heterocycles. The predicted molar refractivity (Wildman–Crippen MR) is 66.9 cm³/mol. The monoisotopic (exact) mass is 241 g/mol. The van der Waals surface area contributed by atoms with Gasteiger partial charge in [0, 0.05) is 25.4 Å². The molecule has 0 saturated carbocycles. The molecule has 5 nitrogen and oxygen atoms in total. The minimum absolute atomic E-state index is 0.125. The summed E-state index contributed by atoms with van der Waals surface area (Å²) in [6.45, 7) is 3.59. The van der Waals surface area contributed by atoms with E-state index in [9.17, 15) is 4.79 Å². The first-order chi connectivity index (χ1) is 8.19. The second kappa shape index (κ2) is 7.14. The van der Waals surface area contributed by atoms with Crippen LogP contribution >= 0.6 is 0 Å². The van der Waals surface area contributed by atoms with E-state index in [1.165, 1.54) is 0 Å². The van der Waals surface area contributed by atoms with Crippen molar-refractivity contribution in [2.24, 2.45) is 16.8 Å². The summed E-state index contributed by atoms with van der Waals surface area (Å²) < 4.78 is 0. The van der Waals surface area contributed by atoms with Gasteiger partial charge in [0.1, 0.15) is 5.84 Å². The quantitative estimate of drug-likeness (QED) is 0.252. The Morgan fingerprint density at radius 3 is 2.59 bits per heavy atom. The highest BCUT2D eigenvalue weighted by Gasteiger charge is 2.24. The number of nitrogens with zero attached hydrogens (tertiary/aromatic N) is 2. The summed E-state index contributed by atoms with van der Waals surface area (Å²) in [5, 5.41) is 11.6. The van der Waals surface area contributed by atoms with E-state index in [4.69, 9.17) is 10.9 Å². The lowest BCUT2D eigenvalue weighted by atomic mass is 9.95. The van der Waals surface area contributed by atoms with Crippen molar-refractivity contribution in [2.45, 2.75) is 45.4 Å². The second-order valence-electron chi connectivity index (χ2n) is 4.64. The second-order valence-corrected chi connectivity index (χ2v) is 4.64. The molecular formula is C12H23N3O2. The summed E-state index contributed by atoms with van der Waals surface area (Å²) in [6, 6.07) is 0. The number of oxime groups is 1. The van der Waals surface area contributed by atoms with Gasteiger partial charge in [-0.2, -0.15) is 0 Å². The summed E-state index contributed by atoms with van der Waals surface area (Å²) in [6.07, 6.45) is 5.49. The number of hydrogen-bond acceptors (Lipinski definition) is 3. The first-order valence-electron chi connectivity index (χ1n) is 6.44. The van der Waals surface area contributed by atoms with Crippen LogP contribution in [0.25, 0.3) is 0 Å². The average Bonchev–Trinajstić information content (AvgIpc) is 2.38. The molecule has 1 saturated heterocycles. The van der Waals surface area contributed by atoms with Crippen LogP contribution in [-0.4, -0.2) is 34.9 Å². The van der Waals surface area contributed by atoms with Crippen LogP contribution < -0.4 is 5.73 Å². The van der Waals surface area contributed by atoms with Gasteiger partial charge >= 0.3 is 0 Å². The molecule has 1 amide bonds. The van der Waals surface area contributed by atoms with Crippen LogP contribution in [-0.2, 0) is 4.79 Å². The molecule has 98 valence electrons. The van der Waals surface area contributed by atoms with E-state index < -0.39 is 0 Å². The highest BCUT2D eigenvalue weighted by molar-refractivity contribution is 5.83. The van der Waals surface area contributed by atoms with Gasteiger partial charge < -0.3 is 15.8 Å². The van der Waals surface area contributed by atoms with Gasteiger partial charge in [0.25, 0.3) is 0 Å². The van der Waals surface area contributed by atoms with E-state index in [0.29, 0.717) is 12.3 Å². The molecule has 1 rings (SSSR count). The highest BCUT2D eigenvalue weighted by Crippen LogP contribution is 2.18. The van der Waals surface area contributed by atoms with Crippen LogP contribution in [0.2, 0.25) is 0 Å². The number of carbonyl (C=O) groups excluding carboxylic acids is 1. The van der Waals surface area contributed by atoms with Crippen molar-refractivity contribution in [3.63, 3.8) is 0 Å². The van der Waals surface area contributed by atoms with E-state index in [1.54, 1.807) is 0 Å².